The number of ether oxygens (including phenoxy) is 1. The molecule has 0 saturated carbocycles. The lowest BCUT2D eigenvalue weighted by Gasteiger charge is -2.34. The van der Waals surface area contributed by atoms with Crippen LogP contribution in [0.1, 0.15) is 13.8 Å². The molecule has 10 heteroatoms. The molecule has 4 rings (SSSR count). The Hall–Kier alpha value is -2.75. The Morgan fingerprint density at radius 1 is 1.39 bits per heavy atom. The maximum absolute atomic E-state index is 15.2. The Kier molecular flexibility index (Phi) is 6.07. The van der Waals surface area contributed by atoms with Crippen LogP contribution < -0.4 is 11.1 Å². The Bertz CT molecular complexity index is 1290. The van der Waals surface area contributed by atoms with E-state index in [0.717, 1.165) is 17.0 Å². The highest BCUT2D eigenvalue weighted by molar-refractivity contribution is 8.15. The number of thioether (sulfide) groups is 1. The van der Waals surface area contributed by atoms with Crippen molar-refractivity contribution in [2.24, 2.45) is 10.7 Å². The molecule has 0 fully saturated rings. The van der Waals surface area contributed by atoms with E-state index in [9.17, 15) is 4.39 Å². The summed E-state index contributed by atoms with van der Waals surface area (Å²) in [6, 6.07) is 3.50. The van der Waals surface area contributed by atoms with E-state index in [-0.39, 0.29) is 10.7 Å². The molecule has 6 nitrogen and oxygen atoms in total. The van der Waals surface area contributed by atoms with E-state index in [4.69, 9.17) is 22.1 Å². The van der Waals surface area contributed by atoms with E-state index < -0.39 is 21.9 Å². The molecule has 0 unspecified atom stereocenters. The predicted octanol–water partition coefficient (Wildman–Crippen LogP) is 5.45. The van der Waals surface area contributed by atoms with Crippen molar-refractivity contribution in [3.8, 4) is 0 Å². The number of hydrogen-bond donors (Lipinski definition) is 2. The molecule has 0 spiro atoms. The fourth-order valence-corrected chi connectivity index (χ4v) is 5.31. The van der Waals surface area contributed by atoms with Crippen LogP contribution in [0.15, 0.2) is 76.7 Å². The second kappa shape index (κ2) is 8.55. The second-order valence-electron chi connectivity index (χ2n) is 7.98. The van der Waals surface area contributed by atoms with Gasteiger partial charge in [0, 0.05) is 36.2 Å². The molecule has 2 aromatic rings. The first-order chi connectivity index (χ1) is 15.6. The lowest BCUT2D eigenvalue weighted by atomic mass is 9.87. The third-order valence-corrected chi connectivity index (χ3v) is 6.87. The van der Waals surface area contributed by atoms with E-state index >= 15 is 4.39 Å². The average molecular weight is 490 g/mol. The normalized spacial score (nSPS) is 25.1. The van der Waals surface area contributed by atoms with Crippen LogP contribution in [0.3, 0.4) is 0 Å². The Labute approximate surface area is 199 Å². The maximum atomic E-state index is 15.2. The molecular weight excluding hydrogens is 468 g/mol. The van der Waals surface area contributed by atoms with E-state index in [2.05, 4.69) is 26.9 Å². The standard InChI is InChI=1S/C23H22ClF2N5OS/c1-12(30-20-19-14(5-6-28-20)8-15(24)10-29-19)7-16(25)18(26)13(2)22(3)17-9-23(17,11-32-4)33-21(27)31-22/h5-10H,2,11H2,1,3-4H3,(H2,27,31)(H,28,30)/b12-7+,18-16-/t22-,23-/m1/s1. The summed E-state index contributed by atoms with van der Waals surface area (Å²) >= 11 is 7.32. The summed E-state index contributed by atoms with van der Waals surface area (Å²) in [6.45, 7) is 7.43. The molecule has 3 heterocycles. The van der Waals surface area contributed by atoms with E-state index in [1.54, 1.807) is 39.3 Å². The summed E-state index contributed by atoms with van der Waals surface area (Å²) in [4.78, 5) is 12.9. The van der Waals surface area contributed by atoms with Crippen LogP contribution in [0.4, 0.5) is 14.6 Å². The molecule has 3 N–H and O–H groups in total. The number of anilines is 1. The minimum Gasteiger partial charge on any atom is -0.383 e. The van der Waals surface area contributed by atoms with Gasteiger partial charge in [-0.2, -0.15) is 0 Å². The molecule has 2 aliphatic rings. The molecule has 2 aromatic heterocycles. The maximum Gasteiger partial charge on any atom is 0.164 e. The SMILES string of the molecule is C=C(/C(F)=C(F)\C=C(/C)Nc1nccc2cc(Cl)cnc12)[C@@]1(C)N=C(N)S[C@@]2(COC)C=C12. The van der Waals surface area contributed by atoms with E-state index in [1.807, 2.05) is 6.08 Å². The molecule has 2 atom stereocenters. The summed E-state index contributed by atoms with van der Waals surface area (Å²) in [5, 5.41) is 4.48. The number of nitrogens with one attached hydrogen (secondary N) is 1. The highest BCUT2D eigenvalue weighted by atomic mass is 35.5. The number of halogens is 3. The van der Waals surface area contributed by atoms with Crippen LogP contribution in [-0.2, 0) is 4.74 Å². The van der Waals surface area contributed by atoms with Crippen LogP contribution in [0.2, 0.25) is 5.02 Å². The molecule has 0 radical (unpaired) electrons. The Balaban J connectivity index is 1.59. The third kappa shape index (κ3) is 4.28. The van der Waals surface area contributed by atoms with Gasteiger partial charge in [0.25, 0.3) is 0 Å². The smallest absolute Gasteiger partial charge is 0.164 e. The number of pyridine rings is 2. The summed E-state index contributed by atoms with van der Waals surface area (Å²) < 4.78 is 34.9. The van der Waals surface area contributed by atoms with Crippen LogP contribution in [0.5, 0.6) is 0 Å². The zero-order valence-electron chi connectivity index (χ0n) is 18.2. The first-order valence-corrected chi connectivity index (χ1v) is 11.2. The van der Waals surface area contributed by atoms with Gasteiger partial charge in [-0.05, 0) is 37.6 Å². The number of methoxy groups -OCH3 is 1. The van der Waals surface area contributed by atoms with Crippen LogP contribution in [-0.4, -0.2) is 39.1 Å². The van der Waals surface area contributed by atoms with Gasteiger partial charge < -0.3 is 15.8 Å². The molecule has 1 aliphatic heterocycles. The molecule has 33 heavy (non-hydrogen) atoms. The monoisotopic (exact) mass is 489 g/mol. The zero-order valence-corrected chi connectivity index (χ0v) is 19.8. The number of nitrogens with zero attached hydrogens (tertiary/aromatic N) is 3. The average Bonchev–Trinajstić information content (AvgIpc) is 3.47. The van der Waals surface area contributed by atoms with Crippen LogP contribution in [0, 0.1) is 0 Å². The number of fused-ring (bicyclic) bond motifs is 2. The number of aliphatic imine (C=N–C) groups is 1. The van der Waals surface area contributed by atoms with Crippen molar-refractivity contribution in [3.63, 3.8) is 0 Å². The molecule has 0 aromatic carbocycles. The van der Waals surface area contributed by atoms with Crippen molar-refractivity contribution < 1.29 is 13.5 Å². The fraction of sp³-hybridized carbons (Fsp3) is 0.261. The van der Waals surface area contributed by atoms with Gasteiger partial charge in [0.2, 0.25) is 0 Å². The molecule has 1 aliphatic carbocycles. The largest absolute Gasteiger partial charge is 0.383 e. The Morgan fingerprint density at radius 2 is 2.15 bits per heavy atom. The minimum absolute atomic E-state index is 0.115. The summed E-state index contributed by atoms with van der Waals surface area (Å²) in [7, 11) is 1.57. The third-order valence-electron chi connectivity index (χ3n) is 5.54. The molecule has 0 amide bonds. The van der Waals surface area contributed by atoms with Crippen molar-refractivity contribution in [1.29, 1.82) is 0 Å². The number of nitrogens with two attached hydrogens (primary N) is 1. The number of allylic oxidation sites excluding steroid dienone is 3. The van der Waals surface area contributed by atoms with Crippen molar-refractivity contribution in [3.05, 3.63) is 76.8 Å². The predicted molar refractivity (Wildman–Crippen MR) is 131 cm³/mol. The van der Waals surface area contributed by atoms with Gasteiger partial charge in [0.15, 0.2) is 22.6 Å². The van der Waals surface area contributed by atoms with Gasteiger partial charge in [-0.15, -0.1) is 0 Å². The van der Waals surface area contributed by atoms with Crippen molar-refractivity contribution in [1.82, 2.24) is 9.97 Å². The fourth-order valence-electron chi connectivity index (χ4n) is 3.88. The highest BCUT2D eigenvalue weighted by Crippen LogP contribution is 2.59. The van der Waals surface area contributed by atoms with Crippen LogP contribution >= 0.6 is 23.4 Å². The quantitative estimate of drug-likeness (QED) is 0.397. The molecular formula is C23H22ClF2N5OS. The van der Waals surface area contributed by atoms with Gasteiger partial charge in [0.05, 0.1) is 16.4 Å². The van der Waals surface area contributed by atoms with Gasteiger partial charge in [-0.3, -0.25) is 4.98 Å². The molecule has 0 saturated heterocycles. The van der Waals surface area contributed by atoms with E-state index in [0.29, 0.717) is 28.7 Å². The molecule has 0 bridgehead atoms. The topological polar surface area (TPSA) is 85.4 Å². The number of aromatic nitrogens is 2. The number of hydrogen-bond acceptors (Lipinski definition) is 7. The van der Waals surface area contributed by atoms with Crippen LogP contribution in [0.25, 0.3) is 10.9 Å². The lowest BCUT2D eigenvalue weighted by molar-refractivity contribution is 0.197. The highest BCUT2D eigenvalue weighted by Gasteiger charge is 2.58. The van der Waals surface area contributed by atoms with Crippen molar-refractivity contribution in [2.45, 2.75) is 24.1 Å². The summed E-state index contributed by atoms with van der Waals surface area (Å²) in [6.07, 6.45) is 6.01. The first kappa shape index (κ1) is 23.4. The Morgan fingerprint density at radius 3 is 2.88 bits per heavy atom. The van der Waals surface area contributed by atoms with Crippen molar-refractivity contribution >= 4 is 45.3 Å². The van der Waals surface area contributed by atoms with Gasteiger partial charge >= 0.3 is 0 Å². The zero-order chi connectivity index (χ0) is 24.0. The van der Waals surface area contributed by atoms with Gasteiger partial charge in [-0.25, -0.2) is 18.8 Å². The number of rotatable bonds is 7. The second-order valence-corrected chi connectivity index (χ2v) is 9.77. The van der Waals surface area contributed by atoms with Gasteiger partial charge in [-0.1, -0.05) is 36.0 Å². The van der Waals surface area contributed by atoms with Gasteiger partial charge in [0.1, 0.15) is 11.1 Å². The molecule has 172 valence electrons. The summed E-state index contributed by atoms with van der Waals surface area (Å²) in [5.41, 5.74) is 6.35. The van der Waals surface area contributed by atoms with E-state index in [1.165, 1.54) is 18.0 Å². The lowest BCUT2D eigenvalue weighted by Crippen LogP contribution is -2.39. The number of amidine groups is 1. The van der Waals surface area contributed by atoms with Crippen molar-refractivity contribution in [2.75, 3.05) is 19.0 Å². The first-order valence-electron chi connectivity index (χ1n) is 9.97. The minimum atomic E-state index is -1.19. The summed E-state index contributed by atoms with van der Waals surface area (Å²) in [5.74, 6) is -1.80.